The fourth-order valence-electron chi connectivity index (χ4n) is 4.27. The van der Waals surface area contributed by atoms with E-state index in [1.807, 2.05) is 36.7 Å². The Morgan fingerprint density at radius 3 is 2.92 bits per heavy atom. The van der Waals surface area contributed by atoms with Crippen molar-refractivity contribution in [3.05, 3.63) is 75.5 Å². The lowest BCUT2D eigenvalue weighted by atomic mass is 9.64. The first-order chi connectivity index (χ1) is 11.7. The lowest BCUT2D eigenvalue weighted by molar-refractivity contribution is -0.115. The molecular formula is C20H20N2O2. The van der Waals surface area contributed by atoms with Crippen molar-refractivity contribution in [3.8, 4) is 0 Å². The molecule has 0 fully saturated rings. The molecule has 24 heavy (non-hydrogen) atoms. The lowest BCUT2D eigenvalue weighted by Gasteiger charge is -2.39. The molecule has 4 nitrogen and oxygen atoms in total. The minimum Gasteiger partial charge on any atom is -0.329 e. The van der Waals surface area contributed by atoms with Crippen LogP contribution in [-0.2, 0) is 23.1 Å². The summed E-state index contributed by atoms with van der Waals surface area (Å²) in [6.07, 6.45) is 10.4. The number of aryl methyl sites for hydroxylation is 1. The summed E-state index contributed by atoms with van der Waals surface area (Å²) in [4.78, 5) is 31.2. The van der Waals surface area contributed by atoms with E-state index >= 15 is 0 Å². The molecule has 2 aliphatic rings. The smallest absolute Gasteiger partial charge is 0.248 e. The van der Waals surface area contributed by atoms with E-state index < -0.39 is 0 Å². The van der Waals surface area contributed by atoms with E-state index in [-0.39, 0.29) is 16.8 Å². The van der Waals surface area contributed by atoms with Crippen LogP contribution < -0.4 is 5.56 Å². The van der Waals surface area contributed by atoms with Crippen molar-refractivity contribution in [1.82, 2.24) is 9.97 Å². The topological polar surface area (TPSA) is 62.8 Å². The van der Waals surface area contributed by atoms with E-state index in [9.17, 15) is 9.59 Å². The third-order valence-electron chi connectivity index (χ3n) is 5.37. The Morgan fingerprint density at radius 1 is 1.17 bits per heavy atom. The first-order valence-electron chi connectivity index (χ1n) is 8.53. The second-order valence-corrected chi connectivity index (χ2v) is 6.81. The predicted octanol–water partition coefficient (Wildman–Crippen LogP) is 2.88. The highest BCUT2D eigenvalue weighted by Crippen LogP contribution is 2.47. The maximum Gasteiger partial charge on any atom is 0.248 e. The molecule has 1 atom stereocenters. The molecule has 0 saturated heterocycles. The van der Waals surface area contributed by atoms with Crippen molar-refractivity contribution in [2.45, 2.75) is 43.9 Å². The average Bonchev–Trinajstić information content (AvgIpc) is 2.72. The van der Waals surface area contributed by atoms with Crippen molar-refractivity contribution >= 4 is 5.78 Å². The zero-order valence-corrected chi connectivity index (χ0v) is 13.5. The van der Waals surface area contributed by atoms with Crippen molar-refractivity contribution in [2.24, 2.45) is 0 Å². The SMILES string of the molecule is O=C1C=C2CCCc3cc(=O)[nH]cc3C2(Cc2ccccn2)CC1. The predicted molar refractivity (Wildman–Crippen MR) is 91.9 cm³/mol. The largest absolute Gasteiger partial charge is 0.329 e. The number of H-pyrrole nitrogens is 1. The fourth-order valence-corrected chi connectivity index (χ4v) is 4.27. The van der Waals surface area contributed by atoms with Crippen molar-refractivity contribution in [2.75, 3.05) is 0 Å². The number of aromatic amines is 1. The summed E-state index contributed by atoms with van der Waals surface area (Å²) >= 11 is 0. The zero-order valence-electron chi connectivity index (χ0n) is 13.5. The molecule has 4 heteroatoms. The van der Waals surface area contributed by atoms with Crippen molar-refractivity contribution < 1.29 is 4.79 Å². The zero-order chi connectivity index (χ0) is 16.6. The van der Waals surface area contributed by atoms with Gasteiger partial charge in [-0.1, -0.05) is 11.6 Å². The van der Waals surface area contributed by atoms with Gasteiger partial charge in [0.05, 0.1) is 0 Å². The quantitative estimate of drug-likeness (QED) is 0.925. The number of nitrogens with zero attached hydrogens (tertiary/aromatic N) is 1. The molecule has 0 saturated carbocycles. The van der Waals surface area contributed by atoms with E-state index in [0.717, 1.165) is 43.4 Å². The third-order valence-corrected chi connectivity index (χ3v) is 5.37. The highest BCUT2D eigenvalue weighted by atomic mass is 16.1. The first kappa shape index (κ1) is 15.1. The van der Waals surface area contributed by atoms with Gasteiger partial charge in [-0.3, -0.25) is 14.6 Å². The van der Waals surface area contributed by atoms with Gasteiger partial charge in [-0.2, -0.15) is 0 Å². The molecule has 0 radical (unpaired) electrons. The molecule has 1 N–H and O–H groups in total. The first-order valence-corrected chi connectivity index (χ1v) is 8.53. The Morgan fingerprint density at radius 2 is 2.08 bits per heavy atom. The summed E-state index contributed by atoms with van der Waals surface area (Å²) in [6.45, 7) is 0. The summed E-state index contributed by atoms with van der Waals surface area (Å²) in [6, 6.07) is 7.69. The second kappa shape index (κ2) is 5.86. The van der Waals surface area contributed by atoms with Crippen LogP contribution in [0.5, 0.6) is 0 Å². The summed E-state index contributed by atoms with van der Waals surface area (Å²) in [5.74, 6) is 0.217. The van der Waals surface area contributed by atoms with Gasteiger partial charge in [0, 0.05) is 42.4 Å². The Labute approximate surface area is 140 Å². The molecule has 0 amide bonds. The molecule has 0 spiro atoms. The van der Waals surface area contributed by atoms with Crippen LogP contribution in [0.4, 0.5) is 0 Å². The normalized spacial score (nSPS) is 23.0. The van der Waals surface area contributed by atoms with E-state index in [4.69, 9.17) is 0 Å². The number of fused-ring (bicyclic) bond motifs is 3. The van der Waals surface area contributed by atoms with Crippen LogP contribution in [-0.4, -0.2) is 15.8 Å². The monoisotopic (exact) mass is 320 g/mol. The number of hydrogen-bond acceptors (Lipinski definition) is 3. The third kappa shape index (κ3) is 2.52. The van der Waals surface area contributed by atoms with E-state index in [2.05, 4.69) is 9.97 Å². The Balaban J connectivity index is 1.92. The van der Waals surface area contributed by atoms with Crippen LogP contribution in [0.2, 0.25) is 0 Å². The highest BCUT2D eigenvalue weighted by molar-refractivity contribution is 5.92. The van der Waals surface area contributed by atoms with Gasteiger partial charge in [-0.15, -0.1) is 0 Å². The van der Waals surface area contributed by atoms with Crippen LogP contribution in [0, 0.1) is 0 Å². The molecular weight excluding hydrogens is 300 g/mol. The summed E-state index contributed by atoms with van der Waals surface area (Å²) < 4.78 is 0. The molecule has 2 heterocycles. The van der Waals surface area contributed by atoms with E-state index in [0.29, 0.717) is 6.42 Å². The van der Waals surface area contributed by atoms with Crippen molar-refractivity contribution in [1.29, 1.82) is 0 Å². The lowest BCUT2D eigenvalue weighted by Crippen LogP contribution is -2.36. The van der Waals surface area contributed by atoms with Gasteiger partial charge in [0.25, 0.3) is 0 Å². The number of carbonyl (C=O) groups is 1. The summed E-state index contributed by atoms with van der Waals surface area (Å²) in [5, 5.41) is 0. The molecule has 122 valence electrons. The molecule has 2 aliphatic carbocycles. The summed E-state index contributed by atoms with van der Waals surface area (Å²) in [7, 11) is 0. The second-order valence-electron chi connectivity index (χ2n) is 6.81. The van der Waals surface area contributed by atoms with Crippen LogP contribution >= 0.6 is 0 Å². The molecule has 0 aliphatic heterocycles. The van der Waals surface area contributed by atoms with Crippen LogP contribution in [0.25, 0.3) is 0 Å². The van der Waals surface area contributed by atoms with Crippen molar-refractivity contribution in [3.63, 3.8) is 0 Å². The van der Waals surface area contributed by atoms with Gasteiger partial charge in [0.15, 0.2) is 5.78 Å². The van der Waals surface area contributed by atoms with Gasteiger partial charge < -0.3 is 4.98 Å². The van der Waals surface area contributed by atoms with Gasteiger partial charge in [0.2, 0.25) is 5.56 Å². The molecule has 0 bridgehead atoms. The summed E-state index contributed by atoms with van der Waals surface area (Å²) in [5.41, 5.74) is 4.24. The Hall–Kier alpha value is -2.49. The molecule has 1 unspecified atom stereocenters. The number of aromatic nitrogens is 2. The Kier molecular flexibility index (Phi) is 3.68. The number of ketones is 1. The molecule has 0 aromatic carbocycles. The maximum atomic E-state index is 12.0. The number of allylic oxidation sites excluding steroid dienone is 2. The van der Waals surface area contributed by atoms with E-state index in [1.165, 1.54) is 11.1 Å². The van der Waals surface area contributed by atoms with Gasteiger partial charge in [-0.05, 0) is 55.0 Å². The standard InChI is InChI=1S/C20H20N2O2/c23-17-7-8-20(12-16-6-1-2-9-21-16)15(11-17)5-3-4-14-10-19(24)22-13-18(14)20/h1-2,6,9-11,13H,3-5,7-8,12H2,(H,22,24). The number of pyridine rings is 2. The van der Waals surface area contributed by atoms with Gasteiger partial charge in [0.1, 0.15) is 0 Å². The number of carbonyl (C=O) groups excluding carboxylic acids is 1. The van der Waals surface area contributed by atoms with Gasteiger partial charge in [-0.25, -0.2) is 0 Å². The average molecular weight is 320 g/mol. The number of nitrogens with one attached hydrogen (secondary N) is 1. The minimum absolute atomic E-state index is 0.0546. The fraction of sp³-hybridized carbons (Fsp3) is 0.350. The highest BCUT2D eigenvalue weighted by Gasteiger charge is 2.42. The van der Waals surface area contributed by atoms with Crippen LogP contribution in [0.15, 0.2) is 53.1 Å². The minimum atomic E-state index is -0.224. The Bertz CT molecular complexity index is 867. The maximum absolute atomic E-state index is 12.0. The van der Waals surface area contributed by atoms with Crippen LogP contribution in [0.3, 0.4) is 0 Å². The van der Waals surface area contributed by atoms with Gasteiger partial charge >= 0.3 is 0 Å². The number of hydrogen-bond donors (Lipinski definition) is 1. The van der Waals surface area contributed by atoms with E-state index in [1.54, 1.807) is 6.07 Å². The number of rotatable bonds is 2. The molecule has 2 aromatic rings. The van der Waals surface area contributed by atoms with Crippen LogP contribution in [0.1, 0.15) is 42.5 Å². The molecule has 4 rings (SSSR count). The molecule has 2 aromatic heterocycles.